The fraction of sp³-hybridized carbons (Fsp3) is 0.462. The standard InChI is InChI=1S/C13H18N4O/c1-5-17(13(2,3)4)12(18)9-6-7-10-11(8-9)15-16-14-10/h6-8H,5H2,1-4H3,(H,14,15,16). The Morgan fingerprint density at radius 2 is 1.94 bits per heavy atom. The van der Waals surface area contributed by atoms with Crippen LogP contribution in [0.1, 0.15) is 38.1 Å². The Morgan fingerprint density at radius 1 is 1.28 bits per heavy atom. The predicted molar refractivity (Wildman–Crippen MR) is 70.4 cm³/mol. The minimum absolute atomic E-state index is 0.0231. The van der Waals surface area contributed by atoms with Gasteiger partial charge in [0.25, 0.3) is 5.91 Å². The van der Waals surface area contributed by atoms with Crippen LogP contribution in [0.2, 0.25) is 0 Å². The van der Waals surface area contributed by atoms with Crippen LogP contribution >= 0.6 is 0 Å². The number of carbonyl (C=O) groups is 1. The minimum Gasteiger partial charge on any atom is -0.334 e. The van der Waals surface area contributed by atoms with E-state index in [-0.39, 0.29) is 11.4 Å². The second-order valence-electron chi connectivity index (χ2n) is 5.25. The molecule has 0 spiro atoms. The van der Waals surface area contributed by atoms with E-state index in [9.17, 15) is 4.79 Å². The summed E-state index contributed by atoms with van der Waals surface area (Å²) in [6.07, 6.45) is 0. The number of fused-ring (bicyclic) bond motifs is 1. The normalized spacial score (nSPS) is 11.8. The molecule has 0 radical (unpaired) electrons. The molecule has 2 rings (SSSR count). The van der Waals surface area contributed by atoms with E-state index in [0.29, 0.717) is 17.6 Å². The third-order valence-corrected chi connectivity index (χ3v) is 2.93. The van der Waals surface area contributed by atoms with E-state index in [1.54, 1.807) is 12.1 Å². The van der Waals surface area contributed by atoms with Gasteiger partial charge in [0.15, 0.2) is 0 Å². The molecule has 5 nitrogen and oxygen atoms in total. The summed E-state index contributed by atoms with van der Waals surface area (Å²) in [7, 11) is 0. The van der Waals surface area contributed by atoms with Crippen molar-refractivity contribution in [2.75, 3.05) is 6.54 Å². The van der Waals surface area contributed by atoms with Crippen molar-refractivity contribution in [2.24, 2.45) is 0 Å². The monoisotopic (exact) mass is 246 g/mol. The van der Waals surface area contributed by atoms with Gasteiger partial charge in [-0.15, -0.1) is 0 Å². The molecule has 96 valence electrons. The summed E-state index contributed by atoms with van der Waals surface area (Å²) in [5, 5.41) is 10.5. The van der Waals surface area contributed by atoms with E-state index in [1.807, 2.05) is 38.7 Å². The number of benzene rings is 1. The van der Waals surface area contributed by atoms with Crippen molar-refractivity contribution in [3.63, 3.8) is 0 Å². The van der Waals surface area contributed by atoms with Gasteiger partial charge in [-0.25, -0.2) is 0 Å². The minimum atomic E-state index is -0.190. The molecule has 1 N–H and O–H groups in total. The molecule has 5 heteroatoms. The molecule has 1 aromatic carbocycles. The lowest BCUT2D eigenvalue weighted by molar-refractivity contribution is 0.0599. The Balaban J connectivity index is 2.37. The zero-order chi connectivity index (χ0) is 13.3. The van der Waals surface area contributed by atoms with Crippen molar-refractivity contribution in [1.82, 2.24) is 20.3 Å². The van der Waals surface area contributed by atoms with Crippen LogP contribution in [0.25, 0.3) is 11.0 Å². The SMILES string of the molecule is CCN(C(=O)c1ccc2n[nH]nc2c1)C(C)(C)C. The molecule has 0 atom stereocenters. The highest BCUT2D eigenvalue weighted by atomic mass is 16.2. The van der Waals surface area contributed by atoms with E-state index in [2.05, 4.69) is 15.4 Å². The lowest BCUT2D eigenvalue weighted by Crippen LogP contribution is -2.45. The topological polar surface area (TPSA) is 61.9 Å². The summed E-state index contributed by atoms with van der Waals surface area (Å²) in [6, 6.07) is 5.37. The molecule has 18 heavy (non-hydrogen) atoms. The maximum atomic E-state index is 12.5. The average molecular weight is 246 g/mol. The number of rotatable bonds is 2. The maximum Gasteiger partial charge on any atom is 0.254 e. The Bertz CT molecular complexity index is 568. The van der Waals surface area contributed by atoms with Crippen LogP contribution < -0.4 is 0 Å². The second-order valence-corrected chi connectivity index (χ2v) is 5.25. The highest BCUT2D eigenvalue weighted by molar-refractivity contribution is 5.97. The van der Waals surface area contributed by atoms with Crippen molar-refractivity contribution in [3.05, 3.63) is 23.8 Å². The third kappa shape index (κ3) is 2.20. The number of carbonyl (C=O) groups excluding carboxylic acids is 1. The van der Waals surface area contributed by atoms with Crippen molar-refractivity contribution >= 4 is 16.9 Å². The van der Waals surface area contributed by atoms with Gasteiger partial charge in [0.05, 0.1) is 0 Å². The van der Waals surface area contributed by atoms with Gasteiger partial charge in [-0.3, -0.25) is 4.79 Å². The number of H-pyrrole nitrogens is 1. The van der Waals surface area contributed by atoms with Gasteiger partial charge >= 0.3 is 0 Å². The molecular formula is C13H18N4O. The molecule has 0 aliphatic rings. The highest BCUT2D eigenvalue weighted by Gasteiger charge is 2.25. The molecule has 0 aliphatic carbocycles. The first-order valence-electron chi connectivity index (χ1n) is 6.06. The first-order chi connectivity index (χ1) is 8.43. The molecule has 0 fully saturated rings. The van der Waals surface area contributed by atoms with E-state index in [0.717, 1.165) is 5.52 Å². The van der Waals surface area contributed by atoms with Crippen LogP contribution in [-0.4, -0.2) is 38.3 Å². The molecule has 0 unspecified atom stereocenters. The van der Waals surface area contributed by atoms with E-state index in [4.69, 9.17) is 0 Å². The van der Waals surface area contributed by atoms with Gasteiger partial charge in [-0.1, -0.05) is 0 Å². The molecular weight excluding hydrogens is 228 g/mol. The van der Waals surface area contributed by atoms with Gasteiger partial charge in [0, 0.05) is 17.6 Å². The summed E-state index contributed by atoms with van der Waals surface area (Å²) in [4.78, 5) is 14.3. The first-order valence-corrected chi connectivity index (χ1v) is 6.06. The van der Waals surface area contributed by atoms with Crippen LogP contribution in [-0.2, 0) is 0 Å². The van der Waals surface area contributed by atoms with Gasteiger partial charge in [-0.05, 0) is 45.9 Å². The number of hydrogen-bond acceptors (Lipinski definition) is 3. The highest BCUT2D eigenvalue weighted by Crippen LogP contribution is 2.18. The number of aromatic nitrogens is 3. The second kappa shape index (κ2) is 4.40. The smallest absolute Gasteiger partial charge is 0.254 e. The number of amides is 1. The van der Waals surface area contributed by atoms with Crippen LogP contribution in [0.5, 0.6) is 0 Å². The molecule has 0 saturated heterocycles. The summed E-state index contributed by atoms with van der Waals surface area (Å²) in [5.74, 6) is 0.0231. The van der Waals surface area contributed by atoms with Crippen molar-refractivity contribution in [3.8, 4) is 0 Å². The van der Waals surface area contributed by atoms with E-state index in [1.165, 1.54) is 0 Å². The number of hydrogen-bond donors (Lipinski definition) is 1. The lowest BCUT2D eigenvalue weighted by atomic mass is 10.0. The maximum absolute atomic E-state index is 12.5. The Hall–Kier alpha value is -1.91. The molecule has 2 aromatic rings. The number of nitrogens with zero attached hydrogens (tertiary/aromatic N) is 3. The zero-order valence-corrected chi connectivity index (χ0v) is 11.2. The molecule has 1 heterocycles. The first kappa shape index (κ1) is 12.5. The quantitative estimate of drug-likeness (QED) is 0.883. The van der Waals surface area contributed by atoms with Crippen LogP contribution in [0, 0.1) is 0 Å². The Morgan fingerprint density at radius 3 is 2.56 bits per heavy atom. The summed E-state index contributed by atoms with van der Waals surface area (Å²) in [5.41, 5.74) is 1.94. The summed E-state index contributed by atoms with van der Waals surface area (Å²) >= 11 is 0. The van der Waals surface area contributed by atoms with Crippen LogP contribution in [0.4, 0.5) is 0 Å². The molecule has 0 aliphatic heterocycles. The fourth-order valence-electron chi connectivity index (χ4n) is 2.05. The fourth-order valence-corrected chi connectivity index (χ4v) is 2.05. The van der Waals surface area contributed by atoms with Crippen LogP contribution in [0.3, 0.4) is 0 Å². The number of nitrogens with one attached hydrogen (secondary N) is 1. The summed E-state index contributed by atoms with van der Waals surface area (Å²) in [6.45, 7) is 8.76. The lowest BCUT2D eigenvalue weighted by Gasteiger charge is -2.34. The third-order valence-electron chi connectivity index (χ3n) is 2.93. The largest absolute Gasteiger partial charge is 0.334 e. The van der Waals surface area contributed by atoms with Gasteiger partial charge in [0.1, 0.15) is 11.0 Å². The van der Waals surface area contributed by atoms with Crippen molar-refractivity contribution < 1.29 is 4.79 Å². The zero-order valence-electron chi connectivity index (χ0n) is 11.2. The van der Waals surface area contributed by atoms with Crippen molar-refractivity contribution in [1.29, 1.82) is 0 Å². The van der Waals surface area contributed by atoms with Crippen molar-refractivity contribution in [2.45, 2.75) is 33.2 Å². The molecule has 0 bridgehead atoms. The predicted octanol–water partition coefficient (Wildman–Crippen LogP) is 2.22. The van der Waals surface area contributed by atoms with Gasteiger partial charge in [-0.2, -0.15) is 15.4 Å². The van der Waals surface area contributed by atoms with E-state index < -0.39 is 0 Å². The van der Waals surface area contributed by atoms with Gasteiger partial charge in [0.2, 0.25) is 0 Å². The molecule has 1 amide bonds. The Kier molecular flexibility index (Phi) is 3.07. The molecule has 1 aromatic heterocycles. The summed E-state index contributed by atoms with van der Waals surface area (Å²) < 4.78 is 0. The van der Waals surface area contributed by atoms with E-state index >= 15 is 0 Å². The molecule has 0 saturated carbocycles. The Labute approximate surface area is 106 Å². The number of aromatic amines is 1. The van der Waals surface area contributed by atoms with Gasteiger partial charge < -0.3 is 4.90 Å². The average Bonchev–Trinajstić information content (AvgIpc) is 2.74. The van der Waals surface area contributed by atoms with Crippen LogP contribution in [0.15, 0.2) is 18.2 Å².